The van der Waals surface area contributed by atoms with Gasteiger partial charge in [0.25, 0.3) is 0 Å². The van der Waals surface area contributed by atoms with Crippen LogP contribution < -0.4 is 0 Å². The van der Waals surface area contributed by atoms with Crippen molar-refractivity contribution in [1.29, 1.82) is 0 Å². The lowest BCUT2D eigenvalue weighted by Gasteiger charge is -2.18. The monoisotopic (exact) mass is 288 g/mol. The van der Waals surface area contributed by atoms with E-state index in [1.165, 1.54) is 13.2 Å². The van der Waals surface area contributed by atoms with E-state index in [1.54, 1.807) is 0 Å². The smallest absolute Gasteiger partial charge is 0.166 e. The number of alkyl halides is 6. The van der Waals surface area contributed by atoms with Gasteiger partial charge in [-0.1, -0.05) is 6.92 Å². The third-order valence-electron chi connectivity index (χ3n) is 2.40. The second-order valence-corrected chi connectivity index (χ2v) is 4.41. The van der Waals surface area contributed by atoms with Crippen LogP contribution in [0.4, 0.5) is 26.3 Å². The first-order chi connectivity index (χ1) is 8.11. The van der Waals surface area contributed by atoms with Crippen molar-refractivity contribution in [3.63, 3.8) is 0 Å². The molecule has 102 valence electrons. The van der Waals surface area contributed by atoms with E-state index in [4.69, 9.17) is 0 Å². The summed E-state index contributed by atoms with van der Waals surface area (Å²) in [7, 11) is 0. The molecule has 0 atom stereocenters. The Bertz CT molecular complexity index is 407. The molecular formula is C11H10F6S. The molecule has 0 saturated heterocycles. The van der Waals surface area contributed by atoms with Crippen molar-refractivity contribution in [2.24, 2.45) is 0 Å². The van der Waals surface area contributed by atoms with Crippen molar-refractivity contribution in [2.45, 2.75) is 30.6 Å². The maximum absolute atomic E-state index is 12.8. The van der Waals surface area contributed by atoms with Gasteiger partial charge in [-0.05, 0) is 30.4 Å². The SMILES string of the molecule is CCc1cc(C(F)(F)F)cc(SC)c1C(F)(F)F. The van der Waals surface area contributed by atoms with Crippen molar-refractivity contribution in [3.05, 3.63) is 28.8 Å². The van der Waals surface area contributed by atoms with Crippen LogP contribution in [-0.4, -0.2) is 6.26 Å². The van der Waals surface area contributed by atoms with Crippen molar-refractivity contribution >= 4 is 11.8 Å². The Balaban J connectivity index is 3.55. The number of halogens is 6. The van der Waals surface area contributed by atoms with Gasteiger partial charge in [0.1, 0.15) is 0 Å². The Kier molecular flexibility index (Phi) is 4.25. The minimum Gasteiger partial charge on any atom is -0.166 e. The molecule has 0 aliphatic rings. The number of aryl methyl sites for hydroxylation is 1. The fourth-order valence-electron chi connectivity index (χ4n) is 1.60. The molecule has 18 heavy (non-hydrogen) atoms. The van der Waals surface area contributed by atoms with Gasteiger partial charge in [0.2, 0.25) is 0 Å². The summed E-state index contributed by atoms with van der Waals surface area (Å²) in [6.07, 6.45) is -8.07. The van der Waals surface area contributed by atoms with E-state index in [0.717, 1.165) is 0 Å². The summed E-state index contributed by atoms with van der Waals surface area (Å²) in [5.41, 5.74) is -2.34. The normalized spacial score (nSPS) is 12.9. The molecule has 1 rings (SSSR count). The number of hydrogen-bond acceptors (Lipinski definition) is 1. The Morgan fingerprint density at radius 3 is 1.89 bits per heavy atom. The first-order valence-electron chi connectivity index (χ1n) is 4.96. The molecule has 0 aliphatic heterocycles. The third-order valence-corrected chi connectivity index (χ3v) is 3.16. The van der Waals surface area contributed by atoms with Crippen LogP contribution in [0.2, 0.25) is 0 Å². The standard InChI is InChI=1S/C11H10F6S/c1-3-6-4-7(10(12,13)14)5-8(18-2)9(6)11(15,16)17/h4-5H,3H2,1-2H3. The minimum atomic E-state index is -4.65. The molecule has 0 N–H and O–H groups in total. The zero-order chi connectivity index (χ0) is 14.1. The molecule has 0 spiro atoms. The van der Waals surface area contributed by atoms with Crippen LogP contribution in [0.15, 0.2) is 17.0 Å². The topological polar surface area (TPSA) is 0 Å². The highest BCUT2D eigenvalue weighted by Gasteiger charge is 2.39. The van der Waals surface area contributed by atoms with Crippen LogP contribution >= 0.6 is 11.8 Å². The summed E-state index contributed by atoms with van der Waals surface area (Å²) < 4.78 is 76.1. The van der Waals surface area contributed by atoms with Crippen molar-refractivity contribution < 1.29 is 26.3 Å². The lowest BCUT2D eigenvalue weighted by atomic mass is 10.0. The van der Waals surface area contributed by atoms with Crippen molar-refractivity contribution in [3.8, 4) is 0 Å². The van der Waals surface area contributed by atoms with Crippen LogP contribution in [0.3, 0.4) is 0 Å². The predicted molar refractivity (Wildman–Crippen MR) is 57.6 cm³/mol. The Morgan fingerprint density at radius 1 is 1.00 bits per heavy atom. The Labute approximate surface area is 104 Å². The van der Waals surface area contributed by atoms with E-state index >= 15 is 0 Å². The maximum atomic E-state index is 12.8. The molecule has 0 unspecified atom stereocenters. The molecule has 1 aromatic rings. The van der Waals surface area contributed by atoms with E-state index in [1.807, 2.05) is 0 Å². The van der Waals surface area contributed by atoms with E-state index in [0.29, 0.717) is 23.9 Å². The summed E-state index contributed by atoms with van der Waals surface area (Å²) in [6.45, 7) is 1.40. The highest BCUT2D eigenvalue weighted by molar-refractivity contribution is 7.98. The highest BCUT2D eigenvalue weighted by Crippen LogP contribution is 2.42. The molecule has 7 heteroatoms. The van der Waals surface area contributed by atoms with Gasteiger partial charge < -0.3 is 0 Å². The molecule has 0 saturated carbocycles. The fourth-order valence-corrected chi connectivity index (χ4v) is 2.29. The van der Waals surface area contributed by atoms with Gasteiger partial charge in [-0.2, -0.15) is 26.3 Å². The molecule has 0 nitrogen and oxygen atoms in total. The molecule has 0 heterocycles. The van der Waals surface area contributed by atoms with Crippen LogP contribution in [0.5, 0.6) is 0 Å². The number of benzene rings is 1. The third kappa shape index (κ3) is 3.13. The molecule has 0 bridgehead atoms. The van der Waals surface area contributed by atoms with E-state index in [9.17, 15) is 26.3 Å². The van der Waals surface area contributed by atoms with Gasteiger partial charge in [0, 0.05) is 4.90 Å². The summed E-state index contributed by atoms with van der Waals surface area (Å²) >= 11 is 0.662. The second-order valence-electron chi connectivity index (χ2n) is 3.56. The van der Waals surface area contributed by atoms with E-state index < -0.39 is 28.4 Å². The van der Waals surface area contributed by atoms with E-state index in [-0.39, 0.29) is 12.0 Å². The highest BCUT2D eigenvalue weighted by atomic mass is 32.2. The average molecular weight is 288 g/mol. The first kappa shape index (κ1) is 15.2. The van der Waals surface area contributed by atoms with Crippen molar-refractivity contribution in [2.75, 3.05) is 6.26 Å². The van der Waals surface area contributed by atoms with Gasteiger partial charge in [0.15, 0.2) is 0 Å². The molecule has 0 radical (unpaired) electrons. The maximum Gasteiger partial charge on any atom is 0.417 e. The Morgan fingerprint density at radius 2 is 1.56 bits per heavy atom. The van der Waals surface area contributed by atoms with Crippen molar-refractivity contribution in [1.82, 2.24) is 0 Å². The molecule has 0 amide bonds. The largest absolute Gasteiger partial charge is 0.417 e. The molecule has 0 aliphatic carbocycles. The molecule has 0 aromatic heterocycles. The van der Waals surface area contributed by atoms with Crippen LogP contribution in [0.1, 0.15) is 23.6 Å². The molecule has 0 fully saturated rings. The Hall–Kier alpha value is -0.850. The number of hydrogen-bond donors (Lipinski definition) is 0. The van der Waals surface area contributed by atoms with Gasteiger partial charge in [-0.25, -0.2) is 0 Å². The number of thioether (sulfide) groups is 1. The van der Waals surface area contributed by atoms with Gasteiger partial charge in [-0.15, -0.1) is 11.8 Å². The zero-order valence-electron chi connectivity index (χ0n) is 9.54. The quantitative estimate of drug-likeness (QED) is 0.544. The predicted octanol–water partition coefficient (Wildman–Crippen LogP) is 5.01. The lowest BCUT2D eigenvalue weighted by Crippen LogP contribution is -2.14. The second kappa shape index (κ2) is 5.03. The van der Waals surface area contributed by atoms with Gasteiger partial charge in [-0.3, -0.25) is 0 Å². The van der Waals surface area contributed by atoms with Crippen LogP contribution in [0.25, 0.3) is 0 Å². The summed E-state index contributed by atoms with van der Waals surface area (Å²) in [5, 5.41) is 0. The summed E-state index contributed by atoms with van der Waals surface area (Å²) in [4.78, 5) is -0.394. The fraction of sp³-hybridized carbons (Fsp3) is 0.455. The average Bonchev–Trinajstić information content (AvgIpc) is 2.24. The first-order valence-corrected chi connectivity index (χ1v) is 6.19. The lowest BCUT2D eigenvalue weighted by molar-refractivity contribution is -0.143. The van der Waals surface area contributed by atoms with E-state index in [2.05, 4.69) is 0 Å². The molecular weight excluding hydrogens is 278 g/mol. The van der Waals surface area contributed by atoms with Crippen LogP contribution in [-0.2, 0) is 18.8 Å². The van der Waals surface area contributed by atoms with Gasteiger partial charge in [0.05, 0.1) is 11.1 Å². The summed E-state index contributed by atoms with van der Waals surface area (Å²) in [6, 6.07) is 1.12. The van der Waals surface area contributed by atoms with Gasteiger partial charge >= 0.3 is 12.4 Å². The summed E-state index contributed by atoms with van der Waals surface area (Å²) in [5.74, 6) is 0. The molecule has 1 aromatic carbocycles. The van der Waals surface area contributed by atoms with Crippen LogP contribution in [0, 0.1) is 0 Å². The number of rotatable bonds is 2. The zero-order valence-corrected chi connectivity index (χ0v) is 10.4. The minimum absolute atomic E-state index is 0.105.